The van der Waals surface area contributed by atoms with Gasteiger partial charge in [0.25, 0.3) is 0 Å². The van der Waals surface area contributed by atoms with E-state index in [0.29, 0.717) is 19.0 Å². The van der Waals surface area contributed by atoms with Crippen LogP contribution in [0.4, 0.5) is 0 Å². The van der Waals surface area contributed by atoms with Gasteiger partial charge < -0.3 is 19.7 Å². The smallest absolute Gasteiger partial charge is 0.119 e. The summed E-state index contributed by atoms with van der Waals surface area (Å²) in [5.41, 5.74) is 0.839. The third kappa shape index (κ3) is 6.00. The van der Waals surface area contributed by atoms with Crippen LogP contribution in [0.3, 0.4) is 0 Å². The van der Waals surface area contributed by atoms with Crippen LogP contribution in [-0.4, -0.2) is 36.1 Å². The van der Waals surface area contributed by atoms with Gasteiger partial charge in [0.2, 0.25) is 0 Å². The highest BCUT2D eigenvalue weighted by molar-refractivity contribution is 5.26. The van der Waals surface area contributed by atoms with Gasteiger partial charge in [-0.05, 0) is 24.1 Å². The first kappa shape index (κ1) is 15.0. The quantitative estimate of drug-likeness (QED) is 0.659. The topological polar surface area (TPSA) is 58.9 Å². The number of rotatable bonds is 9. The van der Waals surface area contributed by atoms with E-state index in [2.05, 4.69) is 6.92 Å². The first-order valence-electron chi connectivity index (χ1n) is 6.34. The lowest BCUT2D eigenvalue weighted by Gasteiger charge is -2.12. The zero-order chi connectivity index (χ0) is 13.2. The molecule has 1 unspecified atom stereocenters. The summed E-state index contributed by atoms with van der Waals surface area (Å²) in [6.07, 6.45) is 1.49. The Kier molecular flexibility index (Phi) is 7.41. The Morgan fingerprint density at radius 1 is 1.17 bits per heavy atom. The van der Waals surface area contributed by atoms with E-state index in [9.17, 15) is 5.11 Å². The number of aliphatic hydroxyl groups excluding tert-OH is 2. The van der Waals surface area contributed by atoms with Crippen LogP contribution in [0.1, 0.15) is 25.3 Å². The van der Waals surface area contributed by atoms with Gasteiger partial charge in [0, 0.05) is 6.61 Å². The van der Waals surface area contributed by atoms with Gasteiger partial charge in [-0.1, -0.05) is 25.5 Å². The Bertz CT molecular complexity index is 310. The van der Waals surface area contributed by atoms with Crippen LogP contribution in [0.25, 0.3) is 0 Å². The van der Waals surface area contributed by atoms with Crippen LogP contribution in [0.5, 0.6) is 5.75 Å². The maximum atomic E-state index is 9.62. The summed E-state index contributed by atoms with van der Waals surface area (Å²) in [7, 11) is 0. The summed E-state index contributed by atoms with van der Waals surface area (Å²) in [5, 5.41) is 18.5. The largest absolute Gasteiger partial charge is 0.491 e. The Morgan fingerprint density at radius 2 is 1.89 bits per heavy atom. The molecule has 18 heavy (non-hydrogen) atoms. The van der Waals surface area contributed by atoms with Crippen molar-refractivity contribution in [1.82, 2.24) is 0 Å². The molecule has 1 aromatic carbocycles. The first-order valence-corrected chi connectivity index (χ1v) is 6.34. The molecule has 0 aromatic heterocycles. The molecule has 0 spiro atoms. The summed E-state index contributed by atoms with van der Waals surface area (Å²) < 4.78 is 10.7. The summed E-state index contributed by atoms with van der Waals surface area (Å²) in [5.74, 6) is 0.680. The van der Waals surface area contributed by atoms with Crippen molar-refractivity contribution >= 4 is 0 Å². The minimum absolute atomic E-state index is 0.0220. The third-order valence-corrected chi connectivity index (χ3v) is 2.50. The molecule has 4 heteroatoms. The molecule has 0 heterocycles. The maximum Gasteiger partial charge on any atom is 0.119 e. The van der Waals surface area contributed by atoms with E-state index in [1.807, 2.05) is 0 Å². The van der Waals surface area contributed by atoms with Crippen LogP contribution < -0.4 is 4.74 Å². The Morgan fingerprint density at radius 3 is 2.50 bits per heavy atom. The van der Waals surface area contributed by atoms with Crippen molar-refractivity contribution in [3.63, 3.8) is 0 Å². The SMILES string of the molecule is CCCCOCC(O)COc1ccc(CO)cc1. The first-order chi connectivity index (χ1) is 8.76. The van der Waals surface area contributed by atoms with Gasteiger partial charge in [0.15, 0.2) is 0 Å². The molecule has 0 saturated heterocycles. The second kappa shape index (κ2) is 8.91. The molecule has 0 saturated carbocycles. The van der Waals surface area contributed by atoms with Crippen molar-refractivity contribution in [1.29, 1.82) is 0 Å². The molecule has 0 aliphatic rings. The number of benzene rings is 1. The molecule has 0 bridgehead atoms. The van der Waals surface area contributed by atoms with E-state index in [1.54, 1.807) is 24.3 Å². The third-order valence-electron chi connectivity index (χ3n) is 2.50. The molecule has 4 nitrogen and oxygen atoms in total. The zero-order valence-electron chi connectivity index (χ0n) is 10.8. The minimum atomic E-state index is -0.612. The molecule has 0 aliphatic carbocycles. The summed E-state index contributed by atoms with van der Waals surface area (Å²) in [4.78, 5) is 0. The van der Waals surface area contributed by atoms with Crippen LogP contribution in [0.15, 0.2) is 24.3 Å². The molecule has 2 N–H and O–H groups in total. The average molecular weight is 254 g/mol. The van der Waals surface area contributed by atoms with E-state index in [1.165, 1.54) is 0 Å². The van der Waals surface area contributed by atoms with Gasteiger partial charge in [-0.25, -0.2) is 0 Å². The lowest BCUT2D eigenvalue weighted by molar-refractivity contribution is 0.0113. The van der Waals surface area contributed by atoms with Crippen molar-refractivity contribution in [3.05, 3.63) is 29.8 Å². The zero-order valence-corrected chi connectivity index (χ0v) is 10.8. The van der Waals surface area contributed by atoms with E-state index >= 15 is 0 Å². The fourth-order valence-corrected chi connectivity index (χ4v) is 1.40. The molecular weight excluding hydrogens is 232 g/mol. The van der Waals surface area contributed by atoms with Gasteiger partial charge in [-0.2, -0.15) is 0 Å². The van der Waals surface area contributed by atoms with Crippen molar-refractivity contribution in [2.75, 3.05) is 19.8 Å². The molecule has 0 aliphatic heterocycles. The van der Waals surface area contributed by atoms with E-state index in [-0.39, 0.29) is 13.2 Å². The molecule has 0 radical (unpaired) electrons. The predicted octanol–water partition coefficient (Wildman–Crippen LogP) is 1.74. The van der Waals surface area contributed by atoms with Crippen LogP contribution in [0.2, 0.25) is 0 Å². The second-order valence-electron chi connectivity index (χ2n) is 4.20. The van der Waals surface area contributed by atoms with Gasteiger partial charge in [0.1, 0.15) is 18.5 Å². The Balaban J connectivity index is 2.18. The number of unbranched alkanes of at least 4 members (excludes halogenated alkanes) is 1. The van der Waals surface area contributed by atoms with E-state index in [4.69, 9.17) is 14.6 Å². The van der Waals surface area contributed by atoms with Crippen LogP contribution >= 0.6 is 0 Å². The monoisotopic (exact) mass is 254 g/mol. The molecule has 0 amide bonds. The molecule has 1 atom stereocenters. The highest BCUT2D eigenvalue weighted by Gasteiger charge is 2.05. The number of hydrogen-bond donors (Lipinski definition) is 2. The van der Waals surface area contributed by atoms with E-state index in [0.717, 1.165) is 18.4 Å². The maximum absolute atomic E-state index is 9.62. The fraction of sp³-hybridized carbons (Fsp3) is 0.571. The highest BCUT2D eigenvalue weighted by atomic mass is 16.5. The number of hydrogen-bond acceptors (Lipinski definition) is 4. The number of ether oxygens (including phenoxy) is 2. The summed E-state index contributed by atoms with van der Waals surface area (Å²) in [6, 6.07) is 7.13. The normalized spacial score (nSPS) is 12.4. The highest BCUT2D eigenvalue weighted by Crippen LogP contribution is 2.12. The van der Waals surface area contributed by atoms with Gasteiger partial charge >= 0.3 is 0 Å². The Labute approximate surface area is 108 Å². The van der Waals surface area contributed by atoms with Crippen LogP contribution in [0, 0.1) is 0 Å². The van der Waals surface area contributed by atoms with Crippen molar-refractivity contribution in [2.24, 2.45) is 0 Å². The van der Waals surface area contributed by atoms with Gasteiger partial charge in [0.05, 0.1) is 13.2 Å². The van der Waals surface area contributed by atoms with Crippen LogP contribution in [-0.2, 0) is 11.3 Å². The average Bonchev–Trinajstić information content (AvgIpc) is 2.42. The molecular formula is C14H22O4. The molecule has 1 rings (SSSR count). The Hall–Kier alpha value is -1.10. The lowest BCUT2D eigenvalue weighted by atomic mass is 10.2. The molecule has 1 aromatic rings. The summed E-state index contributed by atoms with van der Waals surface area (Å²) in [6.45, 7) is 3.31. The fourth-order valence-electron chi connectivity index (χ4n) is 1.40. The van der Waals surface area contributed by atoms with Gasteiger partial charge in [-0.15, -0.1) is 0 Å². The molecule has 0 fully saturated rings. The minimum Gasteiger partial charge on any atom is -0.491 e. The van der Waals surface area contributed by atoms with Gasteiger partial charge in [-0.3, -0.25) is 0 Å². The predicted molar refractivity (Wildman–Crippen MR) is 69.6 cm³/mol. The summed E-state index contributed by atoms with van der Waals surface area (Å²) >= 11 is 0. The molecule has 102 valence electrons. The van der Waals surface area contributed by atoms with E-state index < -0.39 is 6.10 Å². The standard InChI is InChI=1S/C14H22O4/c1-2-3-8-17-10-13(16)11-18-14-6-4-12(9-15)5-7-14/h4-7,13,15-16H,2-3,8-11H2,1H3. The number of aliphatic hydroxyl groups is 2. The lowest BCUT2D eigenvalue weighted by Crippen LogP contribution is -2.23. The second-order valence-corrected chi connectivity index (χ2v) is 4.20. The van der Waals surface area contributed by atoms with Crippen molar-refractivity contribution in [2.45, 2.75) is 32.5 Å². The van der Waals surface area contributed by atoms with Crippen molar-refractivity contribution < 1.29 is 19.7 Å². The van der Waals surface area contributed by atoms with Crippen molar-refractivity contribution in [3.8, 4) is 5.75 Å².